The van der Waals surface area contributed by atoms with E-state index in [1.807, 2.05) is 12.3 Å². The highest BCUT2D eigenvalue weighted by Crippen LogP contribution is 2.41. The molecule has 4 aromatic rings. The van der Waals surface area contributed by atoms with E-state index in [0.29, 0.717) is 47.2 Å². The second-order valence-corrected chi connectivity index (χ2v) is 8.05. The fourth-order valence-electron chi connectivity index (χ4n) is 4.10. The number of carbonyl (C=O) groups is 1. The van der Waals surface area contributed by atoms with Gasteiger partial charge >= 0.3 is 0 Å². The molecule has 0 aliphatic carbocycles. The van der Waals surface area contributed by atoms with Gasteiger partial charge < -0.3 is 29.8 Å². The summed E-state index contributed by atoms with van der Waals surface area (Å²) in [5.74, 6) is 0.531. The minimum Gasteiger partial charge on any atom is -0.493 e. The van der Waals surface area contributed by atoms with Crippen LogP contribution in [0.4, 0.5) is 15.8 Å². The first-order valence-electron chi connectivity index (χ1n) is 11.2. The molecule has 0 saturated heterocycles. The van der Waals surface area contributed by atoms with Gasteiger partial charge in [0.2, 0.25) is 5.75 Å². The summed E-state index contributed by atoms with van der Waals surface area (Å²) in [6.07, 6.45) is 2.63. The predicted octanol–water partition coefficient (Wildman–Crippen LogP) is 5.36. The number of anilines is 2. The van der Waals surface area contributed by atoms with Gasteiger partial charge in [-0.1, -0.05) is 18.2 Å². The zero-order chi connectivity index (χ0) is 24.9. The Morgan fingerprint density at radius 3 is 2.43 bits per heavy atom. The van der Waals surface area contributed by atoms with Crippen molar-refractivity contribution in [3.8, 4) is 17.2 Å². The van der Waals surface area contributed by atoms with Gasteiger partial charge in [0.05, 0.1) is 32.6 Å². The number of amides is 1. The van der Waals surface area contributed by atoms with Crippen LogP contribution in [-0.4, -0.2) is 38.8 Å². The molecule has 0 radical (unpaired) electrons. The SMILES string of the molecule is COc1cc(Nc2cc(F)ccc2C(=O)NCCc2c[nH]c3c(C)cccc23)cc(OC)c1OC. The average molecular weight is 478 g/mol. The van der Waals surface area contributed by atoms with Gasteiger partial charge in [-0.3, -0.25) is 4.79 Å². The van der Waals surface area contributed by atoms with Crippen LogP contribution in [0.25, 0.3) is 10.9 Å². The molecule has 4 rings (SSSR count). The number of aromatic nitrogens is 1. The molecule has 0 aliphatic heterocycles. The van der Waals surface area contributed by atoms with Crippen molar-refractivity contribution in [1.82, 2.24) is 10.3 Å². The van der Waals surface area contributed by atoms with Crippen molar-refractivity contribution in [3.63, 3.8) is 0 Å². The summed E-state index contributed by atoms with van der Waals surface area (Å²) in [5.41, 5.74) is 4.58. The summed E-state index contributed by atoms with van der Waals surface area (Å²) < 4.78 is 30.2. The molecule has 0 atom stereocenters. The van der Waals surface area contributed by atoms with Crippen LogP contribution in [0.15, 0.2) is 54.7 Å². The zero-order valence-electron chi connectivity index (χ0n) is 20.1. The second kappa shape index (κ2) is 10.4. The lowest BCUT2D eigenvalue weighted by molar-refractivity contribution is 0.0955. The maximum Gasteiger partial charge on any atom is 0.253 e. The van der Waals surface area contributed by atoms with Crippen LogP contribution >= 0.6 is 0 Å². The van der Waals surface area contributed by atoms with Crippen LogP contribution < -0.4 is 24.8 Å². The predicted molar refractivity (Wildman–Crippen MR) is 135 cm³/mol. The normalized spacial score (nSPS) is 10.8. The molecule has 1 heterocycles. The molecule has 0 saturated carbocycles. The Hall–Kier alpha value is -4.20. The topological polar surface area (TPSA) is 84.6 Å². The van der Waals surface area contributed by atoms with Gasteiger partial charge in [0.15, 0.2) is 11.5 Å². The molecule has 7 nitrogen and oxygen atoms in total. The second-order valence-electron chi connectivity index (χ2n) is 8.05. The number of methoxy groups -OCH3 is 3. The van der Waals surface area contributed by atoms with Crippen LogP contribution in [0.2, 0.25) is 0 Å². The average Bonchev–Trinajstić information content (AvgIpc) is 3.27. The van der Waals surface area contributed by atoms with Crippen LogP contribution in [0.3, 0.4) is 0 Å². The van der Waals surface area contributed by atoms with Crippen LogP contribution in [0, 0.1) is 12.7 Å². The Kier molecular flexibility index (Phi) is 7.10. The number of halogens is 1. The van der Waals surface area contributed by atoms with Crippen molar-refractivity contribution < 1.29 is 23.4 Å². The summed E-state index contributed by atoms with van der Waals surface area (Å²) in [5, 5.41) is 7.19. The number of aryl methyl sites for hydroxylation is 1. The van der Waals surface area contributed by atoms with E-state index in [-0.39, 0.29) is 5.91 Å². The molecule has 8 heteroatoms. The molecule has 1 amide bonds. The van der Waals surface area contributed by atoms with Gasteiger partial charge in [0.1, 0.15) is 5.82 Å². The van der Waals surface area contributed by atoms with Gasteiger partial charge in [0, 0.05) is 41.5 Å². The van der Waals surface area contributed by atoms with Gasteiger partial charge in [-0.2, -0.15) is 0 Å². The third-order valence-corrected chi connectivity index (χ3v) is 5.86. The van der Waals surface area contributed by atoms with Gasteiger partial charge in [-0.15, -0.1) is 0 Å². The first-order chi connectivity index (χ1) is 16.9. The molecular weight excluding hydrogens is 449 g/mol. The van der Waals surface area contributed by atoms with Crippen molar-refractivity contribution in [3.05, 3.63) is 77.2 Å². The van der Waals surface area contributed by atoms with Crippen molar-refractivity contribution in [2.75, 3.05) is 33.2 Å². The van der Waals surface area contributed by atoms with Gasteiger partial charge in [-0.05, 0) is 42.7 Å². The minimum absolute atomic E-state index is 0.309. The maximum absolute atomic E-state index is 14.1. The Balaban J connectivity index is 1.52. The zero-order valence-corrected chi connectivity index (χ0v) is 20.1. The number of H-pyrrole nitrogens is 1. The Morgan fingerprint density at radius 2 is 1.74 bits per heavy atom. The molecular formula is C27H28FN3O4. The fraction of sp³-hybridized carbons (Fsp3) is 0.222. The number of aromatic amines is 1. The number of nitrogens with one attached hydrogen (secondary N) is 3. The van der Waals surface area contributed by atoms with E-state index in [1.165, 1.54) is 45.1 Å². The number of hydrogen-bond donors (Lipinski definition) is 3. The van der Waals surface area contributed by atoms with Crippen molar-refractivity contribution in [2.45, 2.75) is 13.3 Å². The summed E-state index contributed by atoms with van der Waals surface area (Å²) in [6, 6.07) is 13.5. The van der Waals surface area contributed by atoms with Crippen molar-refractivity contribution in [2.24, 2.45) is 0 Å². The number of carbonyl (C=O) groups excluding carboxylic acids is 1. The number of para-hydroxylation sites is 1. The van der Waals surface area contributed by atoms with E-state index in [0.717, 1.165) is 16.5 Å². The third-order valence-electron chi connectivity index (χ3n) is 5.86. The summed E-state index contributed by atoms with van der Waals surface area (Å²) in [4.78, 5) is 16.3. The first kappa shape index (κ1) is 23.9. The lowest BCUT2D eigenvalue weighted by atomic mass is 10.1. The highest BCUT2D eigenvalue weighted by Gasteiger charge is 2.17. The highest BCUT2D eigenvalue weighted by atomic mass is 19.1. The fourth-order valence-corrected chi connectivity index (χ4v) is 4.10. The van der Waals surface area contributed by atoms with Crippen molar-refractivity contribution in [1.29, 1.82) is 0 Å². The standard InChI is InChI=1S/C27H28FN3O4/c1-16-6-5-7-20-17(15-30-25(16)20)10-11-29-27(32)21-9-8-18(28)12-22(21)31-19-13-23(33-2)26(35-4)24(14-19)34-3/h5-9,12-15,30-31H,10-11H2,1-4H3,(H,29,32). The lowest BCUT2D eigenvalue weighted by Gasteiger charge is -2.17. The van der Waals surface area contributed by atoms with E-state index in [1.54, 1.807) is 12.1 Å². The first-order valence-corrected chi connectivity index (χ1v) is 11.2. The maximum atomic E-state index is 14.1. The Morgan fingerprint density at radius 1 is 1.00 bits per heavy atom. The molecule has 3 aromatic carbocycles. The van der Waals surface area contributed by atoms with Crippen LogP contribution in [0.1, 0.15) is 21.5 Å². The molecule has 3 N–H and O–H groups in total. The highest BCUT2D eigenvalue weighted by molar-refractivity contribution is 6.00. The van der Waals surface area contributed by atoms with Gasteiger partial charge in [-0.25, -0.2) is 4.39 Å². The van der Waals surface area contributed by atoms with Gasteiger partial charge in [0.25, 0.3) is 5.91 Å². The summed E-state index contributed by atoms with van der Waals surface area (Å²) in [7, 11) is 4.54. The molecule has 0 unspecified atom stereocenters. The molecule has 35 heavy (non-hydrogen) atoms. The van der Waals surface area contributed by atoms with E-state index < -0.39 is 5.82 Å². The van der Waals surface area contributed by atoms with E-state index in [4.69, 9.17) is 14.2 Å². The number of rotatable bonds is 9. The quantitative estimate of drug-likeness (QED) is 0.302. The number of hydrogen-bond acceptors (Lipinski definition) is 5. The Bertz CT molecular complexity index is 1340. The molecule has 0 aliphatic rings. The Labute approximate surface area is 203 Å². The number of benzene rings is 3. The summed E-state index contributed by atoms with van der Waals surface area (Å²) in [6.45, 7) is 2.49. The monoisotopic (exact) mass is 477 g/mol. The number of fused-ring (bicyclic) bond motifs is 1. The molecule has 1 aromatic heterocycles. The van der Waals surface area contributed by atoms with E-state index >= 15 is 0 Å². The van der Waals surface area contributed by atoms with E-state index in [2.05, 4.69) is 34.7 Å². The van der Waals surface area contributed by atoms with Crippen molar-refractivity contribution >= 4 is 28.2 Å². The van der Waals surface area contributed by atoms with Crippen LogP contribution in [-0.2, 0) is 6.42 Å². The van der Waals surface area contributed by atoms with E-state index in [9.17, 15) is 9.18 Å². The minimum atomic E-state index is -0.467. The lowest BCUT2D eigenvalue weighted by Crippen LogP contribution is -2.26. The van der Waals surface area contributed by atoms with Crippen LogP contribution in [0.5, 0.6) is 17.2 Å². The molecule has 0 spiro atoms. The molecule has 0 bridgehead atoms. The smallest absolute Gasteiger partial charge is 0.253 e. The largest absolute Gasteiger partial charge is 0.493 e. The number of ether oxygens (including phenoxy) is 3. The molecule has 182 valence electrons. The summed E-state index contributed by atoms with van der Waals surface area (Å²) >= 11 is 0. The molecule has 0 fully saturated rings. The third kappa shape index (κ3) is 5.01.